The highest BCUT2D eigenvalue weighted by Gasteiger charge is 2.16. The van der Waals surface area contributed by atoms with Crippen LogP contribution in [0.25, 0.3) is 0 Å². The van der Waals surface area contributed by atoms with E-state index in [0.717, 1.165) is 10.2 Å². The van der Waals surface area contributed by atoms with Crippen molar-refractivity contribution in [3.05, 3.63) is 58.3 Å². The van der Waals surface area contributed by atoms with Crippen LogP contribution in [0.3, 0.4) is 0 Å². The molecule has 2 aromatic rings. The molecule has 0 bridgehead atoms. The Balaban J connectivity index is 2.36. The second-order valence-electron chi connectivity index (χ2n) is 4.30. The Hall–Kier alpha value is -1.88. The predicted octanol–water partition coefficient (Wildman–Crippen LogP) is 3.57. The number of hydrogen-bond acceptors (Lipinski definition) is 3. The van der Waals surface area contributed by atoms with E-state index in [1.165, 1.54) is 0 Å². The van der Waals surface area contributed by atoms with Crippen LogP contribution in [0.2, 0.25) is 0 Å². The number of pyridine rings is 1. The summed E-state index contributed by atoms with van der Waals surface area (Å²) in [6.07, 6.45) is 1.74. The summed E-state index contributed by atoms with van der Waals surface area (Å²) in [5, 5.41) is 9.31. The molecule has 0 spiro atoms. The Kier molecular flexibility index (Phi) is 4.74. The smallest absolute Gasteiger partial charge is 0.337 e. The van der Waals surface area contributed by atoms with Crippen LogP contribution in [0.1, 0.15) is 23.0 Å². The average molecular weight is 335 g/mol. The third-order valence-corrected chi connectivity index (χ3v) is 3.48. The molecule has 1 aromatic heterocycles. The highest BCUT2D eigenvalue weighted by Crippen LogP contribution is 2.26. The number of rotatable bonds is 5. The summed E-state index contributed by atoms with van der Waals surface area (Å²) in [5.41, 5.74) is 1.90. The molecule has 20 heavy (non-hydrogen) atoms. The molecule has 0 fully saturated rings. The monoisotopic (exact) mass is 334 g/mol. The fraction of sp³-hybridized carbons (Fsp3) is 0.200. The van der Waals surface area contributed by atoms with E-state index >= 15 is 0 Å². The van der Waals surface area contributed by atoms with E-state index in [-0.39, 0.29) is 0 Å². The van der Waals surface area contributed by atoms with Crippen LogP contribution < -0.4 is 4.90 Å². The number of carbonyl (C=O) groups is 1. The van der Waals surface area contributed by atoms with Crippen molar-refractivity contribution >= 4 is 27.6 Å². The molecule has 4 nitrogen and oxygen atoms in total. The van der Waals surface area contributed by atoms with Crippen molar-refractivity contribution < 1.29 is 9.90 Å². The van der Waals surface area contributed by atoms with Crippen LogP contribution in [0.4, 0.5) is 5.69 Å². The Labute approximate surface area is 126 Å². The lowest BCUT2D eigenvalue weighted by Crippen LogP contribution is -2.24. The molecule has 1 N–H and O–H groups in total. The van der Waals surface area contributed by atoms with Crippen molar-refractivity contribution in [2.24, 2.45) is 0 Å². The highest BCUT2D eigenvalue weighted by molar-refractivity contribution is 9.10. The minimum atomic E-state index is -0.924. The maximum absolute atomic E-state index is 11.3. The molecule has 0 amide bonds. The summed E-state index contributed by atoms with van der Waals surface area (Å²) >= 11 is 3.39. The summed E-state index contributed by atoms with van der Waals surface area (Å²) < 4.78 is 0.858. The Morgan fingerprint density at radius 3 is 2.75 bits per heavy atom. The third kappa shape index (κ3) is 3.36. The number of anilines is 1. The van der Waals surface area contributed by atoms with Crippen LogP contribution >= 0.6 is 15.9 Å². The van der Waals surface area contributed by atoms with Crippen molar-refractivity contribution in [3.8, 4) is 0 Å². The van der Waals surface area contributed by atoms with Crippen molar-refractivity contribution in [2.45, 2.75) is 13.5 Å². The molecule has 0 saturated heterocycles. The molecule has 0 atom stereocenters. The van der Waals surface area contributed by atoms with Gasteiger partial charge in [-0.15, -0.1) is 0 Å². The van der Waals surface area contributed by atoms with Gasteiger partial charge < -0.3 is 10.0 Å². The number of nitrogens with zero attached hydrogens (tertiary/aromatic N) is 2. The van der Waals surface area contributed by atoms with Crippen LogP contribution in [0, 0.1) is 0 Å². The molecule has 0 aliphatic heterocycles. The third-order valence-electron chi connectivity index (χ3n) is 2.99. The normalized spacial score (nSPS) is 10.3. The zero-order valence-corrected chi connectivity index (χ0v) is 12.7. The number of hydrogen-bond donors (Lipinski definition) is 1. The zero-order chi connectivity index (χ0) is 14.5. The number of aromatic nitrogens is 1. The Morgan fingerprint density at radius 2 is 2.15 bits per heavy atom. The van der Waals surface area contributed by atoms with Gasteiger partial charge in [-0.05, 0) is 37.3 Å². The van der Waals surface area contributed by atoms with Gasteiger partial charge in [-0.1, -0.05) is 22.0 Å². The quantitative estimate of drug-likeness (QED) is 0.908. The highest BCUT2D eigenvalue weighted by atomic mass is 79.9. The van der Waals surface area contributed by atoms with E-state index in [4.69, 9.17) is 0 Å². The van der Waals surface area contributed by atoms with E-state index in [1.807, 2.05) is 36.1 Å². The van der Waals surface area contributed by atoms with Gasteiger partial charge in [0.2, 0.25) is 0 Å². The molecule has 0 radical (unpaired) electrons. The number of carboxylic acids is 1. The fourth-order valence-corrected chi connectivity index (χ4v) is 2.35. The molecule has 0 aliphatic rings. The Morgan fingerprint density at radius 1 is 1.35 bits per heavy atom. The molecule has 0 saturated carbocycles. The lowest BCUT2D eigenvalue weighted by molar-refractivity contribution is 0.0697. The summed E-state index contributed by atoms with van der Waals surface area (Å²) in [7, 11) is 0. The summed E-state index contributed by atoms with van der Waals surface area (Å²) in [6, 6.07) is 10.9. The molecule has 1 heterocycles. The second-order valence-corrected chi connectivity index (χ2v) is 5.22. The minimum Gasteiger partial charge on any atom is -0.478 e. The van der Waals surface area contributed by atoms with Crippen LogP contribution in [0.15, 0.2) is 47.1 Å². The number of benzene rings is 1. The van der Waals surface area contributed by atoms with Crippen LogP contribution in [-0.4, -0.2) is 22.6 Å². The number of carboxylic acid groups (broad SMARTS) is 1. The second kappa shape index (κ2) is 6.52. The molecular weight excluding hydrogens is 320 g/mol. The SMILES string of the molecule is CCN(Cc1ccccn1)c1cc(Br)ccc1C(=O)O. The van der Waals surface area contributed by atoms with Crippen molar-refractivity contribution in [1.29, 1.82) is 0 Å². The average Bonchev–Trinajstić information content (AvgIpc) is 2.45. The molecular formula is C15H15BrN2O2. The lowest BCUT2D eigenvalue weighted by Gasteiger charge is -2.24. The maximum atomic E-state index is 11.3. The zero-order valence-electron chi connectivity index (χ0n) is 11.1. The van der Waals surface area contributed by atoms with Gasteiger partial charge in [-0.2, -0.15) is 0 Å². The summed E-state index contributed by atoms with van der Waals surface area (Å²) in [5.74, 6) is -0.924. The summed E-state index contributed by atoms with van der Waals surface area (Å²) in [6.45, 7) is 3.27. The predicted molar refractivity (Wildman–Crippen MR) is 82.1 cm³/mol. The van der Waals surface area contributed by atoms with Crippen molar-refractivity contribution in [2.75, 3.05) is 11.4 Å². The molecule has 0 unspecified atom stereocenters. The van der Waals surface area contributed by atoms with Crippen molar-refractivity contribution in [1.82, 2.24) is 4.98 Å². The van der Waals surface area contributed by atoms with Gasteiger partial charge in [-0.3, -0.25) is 4.98 Å². The number of aromatic carboxylic acids is 1. The van der Waals surface area contributed by atoms with Gasteiger partial charge in [0.15, 0.2) is 0 Å². The van der Waals surface area contributed by atoms with Gasteiger partial charge in [0.1, 0.15) is 0 Å². The molecule has 5 heteroatoms. The topological polar surface area (TPSA) is 53.4 Å². The van der Waals surface area contributed by atoms with E-state index in [0.29, 0.717) is 24.3 Å². The fourth-order valence-electron chi connectivity index (χ4n) is 2.00. The Bertz CT molecular complexity index is 602. The first-order valence-electron chi connectivity index (χ1n) is 6.29. The van der Waals surface area contributed by atoms with Crippen LogP contribution in [0.5, 0.6) is 0 Å². The standard InChI is InChI=1S/C15H15BrN2O2/c1-2-18(10-12-5-3-4-8-17-12)14-9-11(16)6-7-13(14)15(19)20/h3-9H,2,10H2,1H3,(H,19,20). The van der Waals surface area contributed by atoms with Crippen molar-refractivity contribution in [3.63, 3.8) is 0 Å². The molecule has 0 aliphatic carbocycles. The van der Waals surface area contributed by atoms with Crippen LogP contribution in [-0.2, 0) is 6.54 Å². The van der Waals surface area contributed by atoms with E-state index in [1.54, 1.807) is 18.3 Å². The first kappa shape index (κ1) is 14.5. The minimum absolute atomic E-state index is 0.297. The number of halogens is 1. The maximum Gasteiger partial charge on any atom is 0.337 e. The van der Waals surface area contributed by atoms with Gasteiger partial charge in [0, 0.05) is 17.2 Å². The summed E-state index contributed by atoms with van der Waals surface area (Å²) in [4.78, 5) is 17.6. The molecule has 2 rings (SSSR count). The van der Waals surface area contributed by atoms with Gasteiger partial charge >= 0.3 is 5.97 Å². The van der Waals surface area contributed by atoms with Gasteiger partial charge in [0.25, 0.3) is 0 Å². The van der Waals surface area contributed by atoms with Gasteiger partial charge in [-0.25, -0.2) is 4.79 Å². The van der Waals surface area contributed by atoms with E-state index < -0.39 is 5.97 Å². The molecule has 104 valence electrons. The first-order chi connectivity index (χ1) is 9.61. The van der Waals surface area contributed by atoms with Gasteiger partial charge in [0.05, 0.1) is 23.5 Å². The van der Waals surface area contributed by atoms with E-state index in [2.05, 4.69) is 20.9 Å². The largest absolute Gasteiger partial charge is 0.478 e. The first-order valence-corrected chi connectivity index (χ1v) is 7.08. The van der Waals surface area contributed by atoms with E-state index in [9.17, 15) is 9.90 Å². The lowest BCUT2D eigenvalue weighted by atomic mass is 10.1. The molecule has 1 aromatic carbocycles.